The fourth-order valence-corrected chi connectivity index (χ4v) is 4.66. The zero-order chi connectivity index (χ0) is 22.9. The number of carbonyl (C=O) groups excluding carboxylic acids is 1. The summed E-state index contributed by atoms with van der Waals surface area (Å²) in [7, 11) is 1.53. The van der Waals surface area contributed by atoms with Crippen LogP contribution in [0.3, 0.4) is 0 Å². The molecule has 0 aliphatic heterocycles. The van der Waals surface area contributed by atoms with Crippen molar-refractivity contribution in [1.29, 1.82) is 0 Å². The van der Waals surface area contributed by atoms with Crippen molar-refractivity contribution in [3.63, 3.8) is 0 Å². The van der Waals surface area contributed by atoms with Crippen LogP contribution in [0.15, 0.2) is 70.5 Å². The number of rotatable bonds is 6. The molecule has 0 bridgehead atoms. The van der Waals surface area contributed by atoms with Crippen molar-refractivity contribution >= 4 is 16.9 Å². The van der Waals surface area contributed by atoms with E-state index in [1.807, 2.05) is 12.1 Å². The Hall–Kier alpha value is -3.94. The van der Waals surface area contributed by atoms with Gasteiger partial charge in [-0.3, -0.25) is 14.2 Å². The molecule has 0 N–H and O–H groups in total. The molecule has 0 amide bonds. The number of imidazole rings is 1. The number of hydrogen-bond acceptors (Lipinski definition) is 5. The molecule has 0 atom stereocenters. The van der Waals surface area contributed by atoms with Crippen LogP contribution < -0.4 is 16.0 Å². The van der Waals surface area contributed by atoms with E-state index in [4.69, 9.17) is 4.74 Å². The fraction of sp³-hybridized carbons (Fsp3) is 0.280. The zero-order valence-corrected chi connectivity index (χ0v) is 18.3. The minimum atomic E-state index is -0.441. The van der Waals surface area contributed by atoms with Crippen molar-refractivity contribution in [2.24, 2.45) is 0 Å². The molecule has 1 aliphatic rings. The highest BCUT2D eigenvalue weighted by atomic mass is 16.5. The second-order valence-electron chi connectivity index (χ2n) is 8.24. The SMILES string of the molecule is COc1ccccc1-n1c(=O)n(C2CCCC2)c(=O)c2c1ncn2CC(=O)c1ccccc1. The molecular formula is C25H24N4O4. The molecular weight excluding hydrogens is 420 g/mol. The summed E-state index contributed by atoms with van der Waals surface area (Å²) in [6, 6.07) is 15.9. The highest BCUT2D eigenvalue weighted by Crippen LogP contribution is 2.29. The average Bonchev–Trinajstić information content (AvgIpc) is 3.51. The molecule has 2 aromatic carbocycles. The first-order chi connectivity index (χ1) is 16.1. The molecule has 8 nitrogen and oxygen atoms in total. The number of fused-ring (bicyclic) bond motifs is 1. The van der Waals surface area contributed by atoms with E-state index in [1.165, 1.54) is 22.6 Å². The smallest absolute Gasteiger partial charge is 0.337 e. The van der Waals surface area contributed by atoms with Gasteiger partial charge < -0.3 is 9.30 Å². The molecule has 4 aromatic rings. The summed E-state index contributed by atoms with van der Waals surface area (Å²) >= 11 is 0. The summed E-state index contributed by atoms with van der Waals surface area (Å²) in [5.41, 5.74) is 0.645. The Morgan fingerprint density at radius 3 is 2.45 bits per heavy atom. The number of benzene rings is 2. The topological polar surface area (TPSA) is 88.1 Å². The number of hydrogen-bond donors (Lipinski definition) is 0. The zero-order valence-electron chi connectivity index (χ0n) is 18.3. The minimum Gasteiger partial charge on any atom is -0.495 e. The van der Waals surface area contributed by atoms with Crippen LogP contribution >= 0.6 is 0 Å². The molecule has 0 unspecified atom stereocenters. The van der Waals surface area contributed by atoms with Gasteiger partial charge >= 0.3 is 5.69 Å². The number of ether oxygens (including phenoxy) is 1. The molecule has 1 saturated carbocycles. The van der Waals surface area contributed by atoms with Gasteiger partial charge in [0.05, 0.1) is 25.7 Å². The van der Waals surface area contributed by atoms with Crippen LogP contribution in [-0.4, -0.2) is 31.6 Å². The van der Waals surface area contributed by atoms with Crippen molar-refractivity contribution < 1.29 is 9.53 Å². The van der Waals surface area contributed by atoms with Crippen molar-refractivity contribution in [1.82, 2.24) is 18.7 Å². The molecule has 0 radical (unpaired) electrons. The van der Waals surface area contributed by atoms with Crippen molar-refractivity contribution in [2.75, 3.05) is 7.11 Å². The van der Waals surface area contributed by atoms with Crippen molar-refractivity contribution in [3.05, 3.63) is 87.3 Å². The van der Waals surface area contributed by atoms with Crippen molar-refractivity contribution in [2.45, 2.75) is 38.3 Å². The van der Waals surface area contributed by atoms with E-state index in [1.54, 1.807) is 47.0 Å². The lowest BCUT2D eigenvalue weighted by Crippen LogP contribution is -2.42. The van der Waals surface area contributed by atoms with Gasteiger partial charge in [0, 0.05) is 11.6 Å². The first-order valence-electron chi connectivity index (χ1n) is 11.0. The van der Waals surface area contributed by atoms with E-state index in [9.17, 15) is 14.4 Å². The largest absolute Gasteiger partial charge is 0.495 e. The summed E-state index contributed by atoms with van der Waals surface area (Å²) < 4.78 is 9.81. The van der Waals surface area contributed by atoms with E-state index >= 15 is 0 Å². The van der Waals surface area contributed by atoms with Gasteiger partial charge in [-0.05, 0) is 25.0 Å². The van der Waals surface area contributed by atoms with Gasteiger partial charge in [0.15, 0.2) is 16.9 Å². The molecule has 2 heterocycles. The van der Waals surface area contributed by atoms with Crippen LogP contribution in [0, 0.1) is 0 Å². The predicted octanol–water partition coefficient (Wildman–Crippen LogP) is 3.36. The van der Waals surface area contributed by atoms with E-state index in [-0.39, 0.29) is 29.5 Å². The Kier molecular flexibility index (Phi) is 5.42. The maximum absolute atomic E-state index is 13.7. The first-order valence-corrected chi connectivity index (χ1v) is 11.0. The molecule has 1 aliphatic carbocycles. The second-order valence-corrected chi connectivity index (χ2v) is 8.24. The molecule has 168 valence electrons. The van der Waals surface area contributed by atoms with Gasteiger partial charge in [-0.15, -0.1) is 0 Å². The van der Waals surface area contributed by atoms with Crippen LogP contribution in [0.25, 0.3) is 16.9 Å². The Morgan fingerprint density at radius 2 is 1.73 bits per heavy atom. The molecule has 2 aromatic heterocycles. The van der Waals surface area contributed by atoms with E-state index in [2.05, 4.69) is 4.98 Å². The lowest BCUT2D eigenvalue weighted by atomic mass is 10.1. The number of Topliss-reactive ketones (excluding diaryl/α,β-unsaturated/α-hetero) is 1. The van der Waals surface area contributed by atoms with Crippen LogP contribution in [0.1, 0.15) is 42.1 Å². The fourth-order valence-electron chi connectivity index (χ4n) is 4.66. The van der Waals surface area contributed by atoms with Gasteiger partial charge in [-0.2, -0.15) is 0 Å². The highest BCUT2D eigenvalue weighted by Gasteiger charge is 2.27. The highest BCUT2D eigenvalue weighted by molar-refractivity contribution is 5.96. The molecule has 8 heteroatoms. The molecule has 1 fully saturated rings. The molecule has 5 rings (SSSR count). The summed E-state index contributed by atoms with van der Waals surface area (Å²) in [5.74, 6) is 0.351. The van der Waals surface area contributed by atoms with E-state index in [0.29, 0.717) is 17.0 Å². The second kappa shape index (κ2) is 8.54. The van der Waals surface area contributed by atoms with Gasteiger partial charge in [0.1, 0.15) is 5.75 Å². The quantitative estimate of drug-likeness (QED) is 0.426. The summed E-state index contributed by atoms with van der Waals surface area (Å²) in [4.78, 5) is 44.6. The van der Waals surface area contributed by atoms with Crippen LogP contribution in [0.5, 0.6) is 5.75 Å². The maximum Gasteiger partial charge on any atom is 0.337 e. The normalized spacial score (nSPS) is 14.1. The van der Waals surface area contributed by atoms with Gasteiger partial charge in [-0.1, -0.05) is 55.3 Å². The number of ketones is 1. The third kappa shape index (κ3) is 3.57. The number of aromatic nitrogens is 4. The Morgan fingerprint density at radius 1 is 1.03 bits per heavy atom. The molecule has 0 spiro atoms. The van der Waals surface area contributed by atoms with Crippen molar-refractivity contribution in [3.8, 4) is 11.4 Å². The van der Waals surface area contributed by atoms with Crippen LogP contribution in [-0.2, 0) is 6.54 Å². The Bertz CT molecular complexity index is 1440. The maximum atomic E-state index is 13.7. The summed E-state index contributed by atoms with van der Waals surface area (Å²) in [6.45, 7) is -0.0510. The van der Waals surface area contributed by atoms with E-state index < -0.39 is 11.2 Å². The Labute approximate surface area is 189 Å². The number of para-hydroxylation sites is 2. The predicted molar refractivity (Wildman–Crippen MR) is 124 cm³/mol. The lowest BCUT2D eigenvalue weighted by Gasteiger charge is -2.18. The van der Waals surface area contributed by atoms with Crippen LogP contribution in [0.4, 0.5) is 0 Å². The van der Waals surface area contributed by atoms with Gasteiger partial charge in [0.25, 0.3) is 5.56 Å². The van der Waals surface area contributed by atoms with Crippen LogP contribution in [0.2, 0.25) is 0 Å². The third-order valence-corrected chi connectivity index (χ3v) is 6.27. The first kappa shape index (κ1) is 20.9. The summed E-state index contributed by atoms with van der Waals surface area (Å²) in [5, 5.41) is 0. The third-order valence-electron chi connectivity index (χ3n) is 6.27. The monoisotopic (exact) mass is 444 g/mol. The average molecular weight is 444 g/mol. The molecule has 33 heavy (non-hydrogen) atoms. The minimum absolute atomic E-state index is 0.0510. The number of nitrogens with zero attached hydrogens (tertiary/aromatic N) is 4. The van der Waals surface area contributed by atoms with Gasteiger partial charge in [0.2, 0.25) is 0 Å². The molecule has 0 saturated heterocycles. The number of carbonyl (C=O) groups is 1. The standard InChI is InChI=1S/C25H24N4O4/c1-33-21-14-8-7-13-19(21)29-23-22(24(31)28(25(29)32)18-11-5-6-12-18)27(16-26-23)15-20(30)17-9-3-2-4-10-17/h2-4,7-10,13-14,16,18H,5-6,11-12,15H2,1H3. The summed E-state index contributed by atoms with van der Waals surface area (Å²) in [6.07, 6.45) is 4.93. The lowest BCUT2D eigenvalue weighted by molar-refractivity contribution is 0.0973. The van der Waals surface area contributed by atoms with Gasteiger partial charge in [-0.25, -0.2) is 14.3 Å². The van der Waals surface area contributed by atoms with E-state index in [0.717, 1.165) is 25.7 Å². The Balaban J connectivity index is 1.76. The number of methoxy groups -OCH3 is 1.